The Bertz CT molecular complexity index is 1140. The minimum atomic E-state index is -0.560. The van der Waals surface area contributed by atoms with Crippen LogP contribution < -0.4 is 5.56 Å². The van der Waals surface area contributed by atoms with E-state index < -0.39 is 16.3 Å². The highest BCUT2D eigenvalue weighted by Crippen LogP contribution is 2.23. The molecule has 1 saturated heterocycles. The molecule has 1 fully saturated rings. The Labute approximate surface area is 166 Å². The lowest BCUT2D eigenvalue weighted by atomic mass is 10.0. The van der Waals surface area contributed by atoms with Gasteiger partial charge in [0.05, 0.1) is 28.1 Å². The van der Waals surface area contributed by atoms with Crippen LogP contribution in [0.2, 0.25) is 0 Å². The van der Waals surface area contributed by atoms with Crippen molar-refractivity contribution in [3.05, 3.63) is 74.6 Å². The number of piperidine rings is 1. The van der Waals surface area contributed by atoms with Crippen molar-refractivity contribution in [1.29, 1.82) is 0 Å². The number of halogens is 1. The normalized spacial score (nSPS) is 17.5. The van der Waals surface area contributed by atoms with Crippen molar-refractivity contribution in [2.75, 3.05) is 6.54 Å². The highest BCUT2D eigenvalue weighted by atomic mass is 19.1. The van der Waals surface area contributed by atoms with E-state index in [4.69, 9.17) is 0 Å². The van der Waals surface area contributed by atoms with Gasteiger partial charge in [-0.3, -0.25) is 24.4 Å². The van der Waals surface area contributed by atoms with E-state index in [1.54, 1.807) is 12.1 Å². The van der Waals surface area contributed by atoms with Crippen molar-refractivity contribution in [2.45, 2.75) is 38.8 Å². The van der Waals surface area contributed by atoms with E-state index in [0.29, 0.717) is 23.9 Å². The molecule has 4 rings (SSSR count). The SMILES string of the molecule is C[C@@H]1CCCCN1Cc1nc2ccc([N+](=O)[O-])cc2c(=O)n1-c1ccccc1F. The molecular formula is C21H21FN4O3. The molecule has 0 saturated carbocycles. The third-order valence-corrected chi connectivity index (χ3v) is 5.51. The van der Waals surface area contributed by atoms with Crippen LogP contribution >= 0.6 is 0 Å². The van der Waals surface area contributed by atoms with Crippen LogP contribution in [-0.4, -0.2) is 32.0 Å². The fourth-order valence-electron chi connectivity index (χ4n) is 3.89. The Hall–Kier alpha value is -3.13. The number of non-ortho nitro benzene ring substituents is 1. The van der Waals surface area contributed by atoms with E-state index >= 15 is 0 Å². The van der Waals surface area contributed by atoms with Gasteiger partial charge in [-0.25, -0.2) is 9.37 Å². The van der Waals surface area contributed by atoms with Gasteiger partial charge in [0.25, 0.3) is 11.2 Å². The molecule has 1 aromatic heterocycles. The summed E-state index contributed by atoms with van der Waals surface area (Å²) in [5.41, 5.74) is -0.247. The van der Waals surface area contributed by atoms with Gasteiger partial charge in [0, 0.05) is 18.2 Å². The van der Waals surface area contributed by atoms with Crippen LogP contribution in [0.25, 0.3) is 16.6 Å². The van der Waals surface area contributed by atoms with Crippen LogP contribution in [-0.2, 0) is 6.54 Å². The van der Waals surface area contributed by atoms with Crippen LogP contribution in [0.5, 0.6) is 0 Å². The molecule has 0 radical (unpaired) electrons. The minimum Gasteiger partial charge on any atom is -0.293 e. The van der Waals surface area contributed by atoms with Crippen molar-refractivity contribution in [1.82, 2.24) is 14.5 Å². The fourth-order valence-corrected chi connectivity index (χ4v) is 3.89. The molecular weight excluding hydrogens is 375 g/mol. The van der Waals surface area contributed by atoms with Crippen molar-refractivity contribution >= 4 is 16.6 Å². The maximum Gasteiger partial charge on any atom is 0.270 e. The summed E-state index contributed by atoms with van der Waals surface area (Å²) in [4.78, 5) is 30.7. The van der Waals surface area contributed by atoms with Crippen molar-refractivity contribution in [3.63, 3.8) is 0 Å². The summed E-state index contributed by atoms with van der Waals surface area (Å²) in [6, 6.07) is 10.3. The third kappa shape index (κ3) is 3.63. The van der Waals surface area contributed by atoms with Crippen molar-refractivity contribution in [2.24, 2.45) is 0 Å². The molecule has 150 valence electrons. The smallest absolute Gasteiger partial charge is 0.270 e. The van der Waals surface area contributed by atoms with Gasteiger partial charge < -0.3 is 0 Å². The maximum atomic E-state index is 14.6. The van der Waals surface area contributed by atoms with Gasteiger partial charge >= 0.3 is 0 Å². The lowest BCUT2D eigenvalue weighted by molar-refractivity contribution is -0.384. The van der Waals surface area contributed by atoms with E-state index in [1.165, 1.54) is 34.9 Å². The summed E-state index contributed by atoms with van der Waals surface area (Å²) in [7, 11) is 0. The predicted molar refractivity (Wildman–Crippen MR) is 108 cm³/mol. The van der Waals surface area contributed by atoms with E-state index in [0.717, 1.165) is 25.8 Å². The molecule has 0 unspecified atom stereocenters. The van der Waals surface area contributed by atoms with Crippen LogP contribution in [0.1, 0.15) is 32.0 Å². The van der Waals surface area contributed by atoms with Gasteiger partial charge in [-0.2, -0.15) is 0 Å². The first kappa shape index (κ1) is 19.2. The van der Waals surface area contributed by atoms with E-state index in [1.807, 2.05) is 0 Å². The number of rotatable bonds is 4. The zero-order valence-corrected chi connectivity index (χ0v) is 16.0. The molecule has 1 aliphatic heterocycles. The van der Waals surface area contributed by atoms with Crippen LogP contribution in [0.4, 0.5) is 10.1 Å². The molecule has 2 aromatic carbocycles. The van der Waals surface area contributed by atoms with Gasteiger partial charge in [0.1, 0.15) is 11.6 Å². The third-order valence-electron chi connectivity index (χ3n) is 5.51. The summed E-state index contributed by atoms with van der Waals surface area (Å²) in [6.07, 6.45) is 3.28. The first-order valence-electron chi connectivity index (χ1n) is 9.65. The summed E-state index contributed by atoms with van der Waals surface area (Å²) >= 11 is 0. The molecule has 1 atom stereocenters. The maximum absolute atomic E-state index is 14.6. The molecule has 0 bridgehead atoms. The number of aromatic nitrogens is 2. The predicted octanol–water partition coefficient (Wildman–Crippen LogP) is 3.81. The molecule has 0 N–H and O–H groups in total. The molecule has 7 nitrogen and oxygen atoms in total. The lowest BCUT2D eigenvalue weighted by Gasteiger charge is -2.33. The van der Waals surface area contributed by atoms with Crippen LogP contribution in [0, 0.1) is 15.9 Å². The Morgan fingerprint density at radius 3 is 2.76 bits per heavy atom. The monoisotopic (exact) mass is 396 g/mol. The largest absolute Gasteiger partial charge is 0.293 e. The Morgan fingerprint density at radius 2 is 2.03 bits per heavy atom. The standard InChI is InChI=1S/C21H21FN4O3/c1-14-6-4-5-11-24(14)13-20-23-18-10-9-15(26(28)29)12-16(18)21(27)25(20)19-8-3-2-7-17(19)22/h2-3,7-10,12,14H,4-6,11,13H2,1H3/t14-/m1/s1. The average Bonchev–Trinajstić information content (AvgIpc) is 2.71. The second-order valence-electron chi connectivity index (χ2n) is 7.39. The molecule has 0 amide bonds. The zero-order chi connectivity index (χ0) is 20.5. The highest BCUT2D eigenvalue weighted by molar-refractivity contribution is 5.80. The minimum absolute atomic E-state index is 0.0953. The second-order valence-corrected chi connectivity index (χ2v) is 7.39. The number of likely N-dealkylation sites (tertiary alicyclic amines) is 1. The summed E-state index contributed by atoms with van der Waals surface area (Å²) < 4.78 is 15.8. The molecule has 0 aliphatic carbocycles. The van der Waals surface area contributed by atoms with Gasteiger partial charge in [-0.15, -0.1) is 0 Å². The van der Waals surface area contributed by atoms with Crippen molar-refractivity contribution < 1.29 is 9.31 Å². The Morgan fingerprint density at radius 1 is 1.24 bits per heavy atom. The summed E-state index contributed by atoms with van der Waals surface area (Å²) in [5.74, 6) is -0.121. The van der Waals surface area contributed by atoms with Gasteiger partial charge in [-0.1, -0.05) is 18.6 Å². The molecule has 2 heterocycles. The summed E-state index contributed by atoms with van der Waals surface area (Å²) in [6.45, 7) is 3.42. The molecule has 29 heavy (non-hydrogen) atoms. The number of benzene rings is 2. The molecule has 0 spiro atoms. The molecule has 8 heteroatoms. The molecule has 1 aliphatic rings. The number of nitro groups is 1. The number of hydrogen-bond donors (Lipinski definition) is 0. The number of hydrogen-bond acceptors (Lipinski definition) is 5. The zero-order valence-electron chi connectivity index (χ0n) is 16.0. The fraction of sp³-hybridized carbons (Fsp3) is 0.333. The average molecular weight is 396 g/mol. The number of nitrogens with zero attached hydrogens (tertiary/aromatic N) is 4. The quantitative estimate of drug-likeness (QED) is 0.495. The molecule has 3 aromatic rings. The van der Waals surface area contributed by atoms with Gasteiger partial charge in [0.2, 0.25) is 0 Å². The highest BCUT2D eigenvalue weighted by Gasteiger charge is 2.23. The van der Waals surface area contributed by atoms with Gasteiger partial charge in [0.15, 0.2) is 0 Å². The Kier molecular flexibility index (Phi) is 5.10. The lowest BCUT2D eigenvalue weighted by Crippen LogP contribution is -2.39. The van der Waals surface area contributed by atoms with Crippen LogP contribution in [0.15, 0.2) is 47.3 Å². The first-order chi connectivity index (χ1) is 14.0. The topological polar surface area (TPSA) is 81.3 Å². The first-order valence-corrected chi connectivity index (χ1v) is 9.65. The number of nitro benzene ring substituents is 1. The van der Waals surface area contributed by atoms with E-state index in [-0.39, 0.29) is 16.8 Å². The Balaban J connectivity index is 1.94. The van der Waals surface area contributed by atoms with Crippen LogP contribution in [0.3, 0.4) is 0 Å². The number of fused-ring (bicyclic) bond motifs is 1. The second kappa shape index (κ2) is 7.71. The van der Waals surface area contributed by atoms with E-state index in [9.17, 15) is 19.3 Å². The van der Waals surface area contributed by atoms with Gasteiger partial charge in [-0.05, 0) is 44.5 Å². The number of para-hydroxylation sites is 1. The summed E-state index contributed by atoms with van der Waals surface area (Å²) in [5, 5.41) is 11.2. The van der Waals surface area contributed by atoms with E-state index in [2.05, 4.69) is 16.8 Å². The van der Waals surface area contributed by atoms with Crippen molar-refractivity contribution in [3.8, 4) is 5.69 Å².